The second-order valence-corrected chi connectivity index (χ2v) is 5.73. The maximum absolute atomic E-state index is 12.2. The molecule has 0 unspecified atom stereocenters. The molecule has 26 heavy (non-hydrogen) atoms. The maximum Gasteiger partial charge on any atom is 0.277 e. The first-order valence-corrected chi connectivity index (χ1v) is 8.02. The summed E-state index contributed by atoms with van der Waals surface area (Å²) >= 11 is 0. The third kappa shape index (κ3) is 2.82. The third-order valence-corrected chi connectivity index (χ3v) is 4.00. The van der Waals surface area contributed by atoms with Crippen molar-refractivity contribution in [1.82, 2.24) is 19.9 Å². The predicted molar refractivity (Wildman–Crippen MR) is 94.8 cm³/mol. The highest BCUT2D eigenvalue weighted by molar-refractivity contribution is 6.17. The zero-order chi connectivity index (χ0) is 18.1. The average Bonchev–Trinajstić information content (AvgIpc) is 3.19. The van der Waals surface area contributed by atoms with Gasteiger partial charge in [0.1, 0.15) is 11.4 Å². The van der Waals surface area contributed by atoms with E-state index in [2.05, 4.69) is 20.3 Å². The number of carbonyl (C=O) groups excluding carboxylic acids is 2. The minimum atomic E-state index is -0.456. The van der Waals surface area contributed by atoms with Gasteiger partial charge >= 0.3 is 0 Å². The summed E-state index contributed by atoms with van der Waals surface area (Å²) in [5.74, 6) is -0.243. The number of aliphatic hydroxyl groups excluding tert-OH is 1. The van der Waals surface area contributed by atoms with Crippen LogP contribution in [0.15, 0.2) is 54.4 Å². The molecule has 0 saturated heterocycles. The Hall–Kier alpha value is -3.52. The summed E-state index contributed by atoms with van der Waals surface area (Å²) in [7, 11) is 0. The molecule has 2 aromatic heterocycles. The van der Waals surface area contributed by atoms with Crippen molar-refractivity contribution in [2.75, 3.05) is 18.5 Å². The Labute approximate surface area is 148 Å². The van der Waals surface area contributed by atoms with Gasteiger partial charge in [0.15, 0.2) is 5.82 Å². The Morgan fingerprint density at radius 2 is 2.08 bits per heavy atom. The van der Waals surface area contributed by atoms with Crippen LogP contribution in [-0.4, -0.2) is 49.9 Å². The van der Waals surface area contributed by atoms with Gasteiger partial charge in [0.05, 0.1) is 24.2 Å². The van der Waals surface area contributed by atoms with Crippen molar-refractivity contribution < 1.29 is 14.7 Å². The van der Waals surface area contributed by atoms with Gasteiger partial charge in [-0.1, -0.05) is 6.07 Å². The SMILES string of the molecule is O=C1C=C(Nc2ccc3nc(-c4ccccn4)[nH]c3c2)C(=O)N1CCO. The highest BCUT2D eigenvalue weighted by Crippen LogP contribution is 2.23. The molecule has 8 heteroatoms. The number of H-pyrrole nitrogens is 1. The summed E-state index contributed by atoms with van der Waals surface area (Å²) in [5.41, 5.74) is 3.09. The molecule has 1 aromatic carbocycles. The van der Waals surface area contributed by atoms with Crippen LogP contribution in [0.5, 0.6) is 0 Å². The van der Waals surface area contributed by atoms with Crippen LogP contribution in [0.4, 0.5) is 5.69 Å². The van der Waals surface area contributed by atoms with E-state index in [-0.39, 0.29) is 18.8 Å². The molecule has 1 aliphatic rings. The molecule has 1 aliphatic heterocycles. The molecule has 4 rings (SSSR count). The molecule has 0 fully saturated rings. The number of anilines is 1. The number of fused-ring (bicyclic) bond motifs is 1. The molecule has 0 bridgehead atoms. The van der Waals surface area contributed by atoms with Crippen molar-refractivity contribution in [2.45, 2.75) is 0 Å². The first kappa shape index (κ1) is 16.0. The van der Waals surface area contributed by atoms with Gasteiger partial charge in [0, 0.05) is 18.0 Å². The van der Waals surface area contributed by atoms with Gasteiger partial charge in [-0.2, -0.15) is 0 Å². The number of β-amino-alcohol motifs (C(OH)–C–C–N with tert-alkyl or cyclic N) is 1. The summed E-state index contributed by atoms with van der Waals surface area (Å²) in [6, 6.07) is 11.0. The van der Waals surface area contributed by atoms with Crippen LogP contribution in [0.2, 0.25) is 0 Å². The Bertz CT molecular complexity index is 1030. The molecule has 2 amide bonds. The minimum Gasteiger partial charge on any atom is -0.395 e. The molecule has 3 N–H and O–H groups in total. The van der Waals surface area contributed by atoms with E-state index in [1.54, 1.807) is 12.3 Å². The molecule has 3 aromatic rings. The van der Waals surface area contributed by atoms with Crippen LogP contribution in [0.1, 0.15) is 0 Å². The fourth-order valence-electron chi connectivity index (χ4n) is 2.78. The highest BCUT2D eigenvalue weighted by Gasteiger charge is 2.30. The van der Waals surface area contributed by atoms with Crippen LogP contribution >= 0.6 is 0 Å². The average molecular weight is 349 g/mol. The van der Waals surface area contributed by atoms with Crippen LogP contribution in [0.3, 0.4) is 0 Å². The number of rotatable bonds is 5. The number of imidazole rings is 1. The second-order valence-electron chi connectivity index (χ2n) is 5.73. The molecule has 0 atom stereocenters. The van der Waals surface area contributed by atoms with Gasteiger partial charge in [-0.05, 0) is 30.3 Å². The van der Waals surface area contributed by atoms with E-state index in [1.165, 1.54) is 6.08 Å². The van der Waals surface area contributed by atoms with Crippen LogP contribution in [0, 0.1) is 0 Å². The Balaban J connectivity index is 1.59. The largest absolute Gasteiger partial charge is 0.395 e. The van der Waals surface area contributed by atoms with Gasteiger partial charge in [-0.3, -0.25) is 19.5 Å². The van der Waals surface area contributed by atoms with Gasteiger partial charge in [0.2, 0.25) is 0 Å². The molecule has 0 aliphatic carbocycles. The number of benzene rings is 1. The molecule has 8 nitrogen and oxygen atoms in total. The molecule has 130 valence electrons. The van der Waals surface area contributed by atoms with Crippen molar-refractivity contribution in [3.8, 4) is 11.5 Å². The van der Waals surface area contributed by atoms with Crippen LogP contribution in [0.25, 0.3) is 22.6 Å². The van der Waals surface area contributed by atoms with Crippen molar-refractivity contribution in [3.63, 3.8) is 0 Å². The smallest absolute Gasteiger partial charge is 0.277 e. The fourth-order valence-corrected chi connectivity index (χ4v) is 2.78. The summed E-state index contributed by atoms with van der Waals surface area (Å²) in [6.07, 6.45) is 2.93. The molecule has 0 spiro atoms. The zero-order valence-electron chi connectivity index (χ0n) is 13.6. The molecule has 0 saturated carbocycles. The van der Waals surface area contributed by atoms with Crippen molar-refractivity contribution in [3.05, 3.63) is 54.4 Å². The number of amides is 2. The number of imide groups is 1. The highest BCUT2D eigenvalue weighted by atomic mass is 16.3. The Morgan fingerprint density at radius 3 is 2.85 bits per heavy atom. The Morgan fingerprint density at radius 1 is 1.19 bits per heavy atom. The van der Waals surface area contributed by atoms with E-state index in [0.717, 1.165) is 21.6 Å². The number of nitrogens with zero attached hydrogens (tertiary/aromatic N) is 3. The van der Waals surface area contributed by atoms with Gasteiger partial charge in [-0.15, -0.1) is 0 Å². The van der Waals surface area contributed by atoms with Gasteiger partial charge in [0.25, 0.3) is 11.8 Å². The van der Waals surface area contributed by atoms with Crippen molar-refractivity contribution >= 4 is 28.5 Å². The number of hydrogen-bond acceptors (Lipinski definition) is 6. The number of hydrogen-bond donors (Lipinski definition) is 3. The number of aliphatic hydroxyl groups is 1. The van der Waals surface area contributed by atoms with Crippen LogP contribution in [-0.2, 0) is 9.59 Å². The first-order chi connectivity index (χ1) is 12.7. The number of aromatic amines is 1. The van der Waals surface area contributed by atoms with E-state index in [9.17, 15) is 9.59 Å². The quantitative estimate of drug-likeness (QED) is 0.599. The summed E-state index contributed by atoms with van der Waals surface area (Å²) in [6.45, 7) is -0.290. The lowest BCUT2D eigenvalue weighted by molar-refractivity contribution is -0.137. The molecule has 0 radical (unpaired) electrons. The third-order valence-electron chi connectivity index (χ3n) is 4.00. The molecule has 3 heterocycles. The lowest BCUT2D eigenvalue weighted by atomic mass is 10.2. The lowest BCUT2D eigenvalue weighted by Crippen LogP contribution is -2.34. The monoisotopic (exact) mass is 349 g/mol. The first-order valence-electron chi connectivity index (χ1n) is 8.02. The number of nitrogens with one attached hydrogen (secondary N) is 2. The predicted octanol–water partition coefficient (Wildman–Crippen LogP) is 1.28. The number of pyridine rings is 1. The van der Waals surface area contributed by atoms with E-state index < -0.39 is 11.8 Å². The standard InChI is InChI=1S/C18H15N5O3/c24-8-7-23-16(25)10-15(18(23)26)20-11-4-5-12-14(9-11)22-17(21-12)13-3-1-2-6-19-13/h1-6,9-10,20,24H,7-8H2,(H,21,22). The Kier molecular flexibility index (Phi) is 3.94. The van der Waals surface area contributed by atoms with E-state index >= 15 is 0 Å². The normalized spacial score (nSPS) is 14.2. The molecular formula is C18H15N5O3. The van der Waals surface area contributed by atoms with Gasteiger partial charge < -0.3 is 15.4 Å². The van der Waals surface area contributed by atoms with E-state index in [0.29, 0.717) is 11.5 Å². The second kappa shape index (κ2) is 6.41. The van der Waals surface area contributed by atoms with Gasteiger partial charge in [-0.25, -0.2) is 4.98 Å². The summed E-state index contributed by atoms with van der Waals surface area (Å²) in [5, 5.41) is 11.9. The van der Waals surface area contributed by atoms with E-state index in [4.69, 9.17) is 5.11 Å². The van der Waals surface area contributed by atoms with Crippen LogP contribution < -0.4 is 5.32 Å². The number of aromatic nitrogens is 3. The van der Waals surface area contributed by atoms with Crippen molar-refractivity contribution in [1.29, 1.82) is 0 Å². The van der Waals surface area contributed by atoms with Crippen molar-refractivity contribution in [2.24, 2.45) is 0 Å². The topological polar surface area (TPSA) is 111 Å². The fraction of sp³-hybridized carbons (Fsp3) is 0.111. The summed E-state index contributed by atoms with van der Waals surface area (Å²) in [4.78, 5) is 37.0. The lowest BCUT2D eigenvalue weighted by Gasteiger charge is -2.13. The van der Waals surface area contributed by atoms with E-state index in [1.807, 2.05) is 30.3 Å². The summed E-state index contributed by atoms with van der Waals surface area (Å²) < 4.78 is 0. The number of carbonyl (C=O) groups is 2. The molecular weight excluding hydrogens is 334 g/mol. The minimum absolute atomic E-state index is 0.0215. The maximum atomic E-state index is 12.2. The zero-order valence-corrected chi connectivity index (χ0v) is 13.6.